The van der Waals surface area contributed by atoms with Gasteiger partial charge in [0.25, 0.3) is 0 Å². The fraction of sp³-hybridized carbons (Fsp3) is 0.312. The highest BCUT2D eigenvalue weighted by Crippen LogP contribution is 2.46. The van der Waals surface area contributed by atoms with E-state index in [1.807, 2.05) is 12.3 Å². The first-order chi connectivity index (χ1) is 9.75. The fourth-order valence-corrected chi connectivity index (χ4v) is 3.49. The number of hydrogen-bond donors (Lipinski definition) is 0. The van der Waals surface area contributed by atoms with Crippen LogP contribution in [0.1, 0.15) is 6.42 Å². The second-order valence-corrected chi connectivity index (χ2v) is 6.24. The lowest BCUT2D eigenvalue weighted by atomic mass is 10.2. The van der Waals surface area contributed by atoms with Gasteiger partial charge in [0.15, 0.2) is 0 Å². The first-order valence-corrected chi connectivity index (χ1v) is 7.71. The van der Waals surface area contributed by atoms with Crippen LogP contribution in [0.25, 0.3) is 0 Å². The van der Waals surface area contributed by atoms with E-state index in [-0.39, 0.29) is 0 Å². The lowest BCUT2D eigenvalue weighted by Crippen LogP contribution is -2.25. The van der Waals surface area contributed by atoms with Crippen LogP contribution in [0.15, 0.2) is 52.5 Å². The molecule has 0 atom stereocenters. The van der Waals surface area contributed by atoms with Gasteiger partial charge in [-0.05, 0) is 51.3 Å². The Kier molecular flexibility index (Phi) is 3.94. The van der Waals surface area contributed by atoms with E-state index in [0.717, 1.165) is 24.5 Å². The molecule has 1 aromatic carbocycles. The van der Waals surface area contributed by atoms with Gasteiger partial charge in [-0.2, -0.15) is 0 Å². The van der Waals surface area contributed by atoms with Crippen molar-refractivity contribution in [3.8, 4) is 0 Å². The highest BCUT2D eigenvalue weighted by atomic mass is 32.2. The molecule has 0 N–H and O–H groups in total. The summed E-state index contributed by atoms with van der Waals surface area (Å²) in [4.78, 5) is 10.4. The van der Waals surface area contributed by atoms with E-state index in [4.69, 9.17) is 0 Å². The molecule has 1 aliphatic rings. The van der Waals surface area contributed by atoms with E-state index < -0.39 is 0 Å². The molecule has 2 aromatic rings. The van der Waals surface area contributed by atoms with Crippen molar-refractivity contribution in [1.82, 2.24) is 9.88 Å². The van der Waals surface area contributed by atoms with Crippen LogP contribution in [0.2, 0.25) is 0 Å². The summed E-state index contributed by atoms with van der Waals surface area (Å²) in [6.07, 6.45) is 3.01. The number of fused-ring (bicyclic) bond motifs is 2. The van der Waals surface area contributed by atoms with Crippen LogP contribution in [-0.4, -0.2) is 37.1 Å². The molecule has 0 spiro atoms. The zero-order valence-corrected chi connectivity index (χ0v) is 12.7. The highest BCUT2D eigenvalue weighted by molar-refractivity contribution is 7.99. The van der Waals surface area contributed by atoms with Crippen molar-refractivity contribution in [2.24, 2.45) is 0 Å². The second-order valence-electron chi connectivity index (χ2n) is 5.21. The topological polar surface area (TPSA) is 19.4 Å². The maximum atomic E-state index is 4.52. The van der Waals surface area contributed by atoms with Crippen molar-refractivity contribution < 1.29 is 0 Å². The Morgan fingerprint density at radius 2 is 1.90 bits per heavy atom. The number of rotatable bonds is 4. The molecule has 0 unspecified atom stereocenters. The average molecular weight is 285 g/mol. The summed E-state index contributed by atoms with van der Waals surface area (Å²) in [6, 6.07) is 12.8. The standard InChI is InChI=1S/C16H19N3S/c1-18(2)11-6-12-19-13-7-3-4-9-15(13)20-16-14(19)8-5-10-17-16/h3-5,7-10H,6,11-12H2,1-2H3. The van der Waals surface area contributed by atoms with Gasteiger partial charge in [-0.1, -0.05) is 23.9 Å². The van der Waals surface area contributed by atoms with E-state index >= 15 is 0 Å². The van der Waals surface area contributed by atoms with Gasteiger partial charge in [-0.15, -0.1) is 0 Å². The third-order valence-corrected chi connectivity index (χ3v) is 4.46. The minimum absolute atomic E-state index is 1.02. The van der Waals surface area contributed by atoms with Crippen molar-refractivity contribution in [1.29, 1.82) is 0 Å². The number of para-hydroxylation sites is 1. The Morgan fingerprint density at radius 1 is 1.10 bits per heavy atom. The van der Waals surface area contributed by atoms with Crippen molar-refractivity contribution in [2.45, 2.75) is 16.3 Å². The number of anilines is 2. The Bertz CT molecular complexity index is 552. The average Bonchev–Trinajstić information content (AvgIpc) is 2.46. The third kappa shape index (κ3) is 2.67. The normalized spacial score (nSPS) is 13.2. The van der Waals surface area contributed by atoms with Gasteiger partial charge in [-0.3, -0.25) is 0 Å². The number of benzene rings is 1. The minimum Gasteiger partial charge on any atom is -0.338 e. The number of hydrogen-bond acceptors (Lipinski definition) is 4. The molecular formula is C16H19N3S. The molecular weight excluding hydrogens is 266 g/mol. The molecule has 104 valence electrons. The molecule has 4 heteroatoms. The Hall–Kier alpha value is -1.52. The predicted octanol–water partition coefficient (Wildman–Crippen LogP) is 3.64. The van der Waals surface area contributed by atoms with Crippen LogP contribution in [-0.2, 0) is 0 Å². The van der Waals surface area contributed by atoms with E-state index in [1.54, 1.807) is 11.8 Å². The molecule has 0 aliphatic carbocycles. The summed E-state index contributed by atoms with van der Waals surface area (Å²) in [5, 5.41) is 1.11. The van der Waals surface area contributed by atoms with Crippen molar-refractivity contribution in [2.75, 3.05) is 32.1 Å². The molecule has 0 saturated carbocycles. The van der Waals surface area contributed by atoms with Gasteiger partial charge < -0.3 is 9.80 Å². The SMILES string of the molecule is CN(C)CCCN1c2ccccc2Sc2ncccc21. The van der Waals surface area contributed by atoms with Gasteiger partial charge in [0.1, 0.15) is 5.03 Å². The lowest BCUT2D eigenvalue weighted by Gasteiger charge is -2.32. The monoisotopic (exact) mass is 285 g/mol. The largest absolute Gasteiger partial charge is 0.338 e. The molecule has 0 fully saturated rings. The summed E-state index contributed by atoms with van der Waals surface area (Å²) < 4.78 is 0. The third-order valence-electron chi connectivity index (χ3n) is 3.39. The maximum Gasteiger partial charge on any atom is 0.125 e. The summed E-state index contributed by atoms with van der Waals surface area (Å²) in [5.74, 6) is 0. The zero-order valence-electron chi connectivity index (χ0n) is 11.9. The fourth-order valence-electron chi connectivity index (χ4n) is 2.45. The van der Waals surface area contributed by atoms with Gasteiger partial charge in [0.05, 0.1) is 11.4 Å². The van der Waals surface area contributed by atoms with Gasteiger partial charge in [-0.25, -0.2) is 4.98 Å². The van der Waals surface area contributed by atoms with Crippen LogP contribution >= 0.6 is 11.8 Å². The summed E-state index contributed by atoms with van der Waals surface area (Å²) in [6.45, 7) is 2.12. The molecule has 1 aromatic heterocycles. The van der Waals surface area contributed by atoms with E-state index in [0.29, 0.717) is 0 Å². The molecule has 2 heterocycles. The summed E-state index contributed by atoms with van der Waals surface area (Å²) >= 11 is 1.76. The van der Waals surface area contributed by atoms with E-state index in [1.165, 1.54) is 16.3 Å². The van der Waals surface area contributed by atoms with Crippen LogP contribution in [0.5, 0.6) is 0 Å². The first-order valence-electron chi connectivity index (χ1n) is 6.90. The molecule has 0 radical (unpaired) electrons. The van der Waals surface area contributed by atoms with E-state index in [9.17, 15) is 0 Å². The Balaban J connectivity index is 1.91. The van der Waals surface area contributed by atoms with Gasteiger partial charge >= 0.3 is 0 Å². The van der Waals surface area contributed by atoms with Crippen LogP contribution in [0, 0.1) is 0 Å². The van der Waals surface area contributed by atoms with Crippen molar-refractivity contribution in [3.05, 3.63) is 42.6 Å². The Morgan fingerprint density at radius 3 is 2.75 bits per heavy atom. The first kappa shape index (κ1) is 13.5. The smallest absolute Gasteiger partial charge is 0.125 e. The minimum atomic E-state index is 1.02. The van der Waals surface area contributed by atoms with Crippen LogP contribution in [0.4, 0.5) is 11.4 Å². The van der Waals surface area contributed by atoms with Crippen LogP contribution in [0.3, 0.4) is 0 Å². The molecule has 0 saturated heterocycles. The molecule has 3 nitrogen and oxygen atoms in total. The molecule has 0 amide bonds. The number of aromatic nitrogens is 1. The van der Waals surface area contributed by atoms with Crippen molar-refractivity contribution in [3.63, 3.8) is 0 Å². The van der Waals surface area contributed by atoms with Crippen LogP contribution < -0.4 is 4.90 Å². The molecule has 1 aliphatic heterocycles. The molecule has 0 bridgehead atoms. The van der Waals surface area contributed by atoms with E-state index in [2.05, 4.69) is 59.2 Å². The quantitative estimate of drug-likeness (QED) is 0.854. The maximum absolute atomic E-state index is 4.52. The summed E-state index contributed by atoms with van der Waals surface area (Å²) in [5.41, 5.74) is 2.53. The predicted molar refractivity (Wildman–Crippen MR) is 85.0 cm³/mol. The van der Waals surface area contributed by atoms with Crippen molar-refractivity contribution >= 4 is 23.1 Å². The Labute approximate surface area is 124 Å². The lowest BCUT2D eigenvalue weighted by molar-refractivity contribution is 0.402. The van der Waals surface area contributed by atoms with Gasteiger partial charge in [0, 0.05) is 17.6 Å². The molecule has 3 rings (SSSR count). The zero-order chi connectivity index (χ0) is 13.9. The summed E-state index contributed by atoms with van der Waals surface area (Å²) in [7, 11) is 4.24. The molecule has 20 heavy (non-hydrogen) atoms. The highest BCUT2D eigenvalue weighted by Gasteiger charge is 2.23. The second kappa shape index (κ2) is 5.85. The van der Waals surface area contributed by atoms with Gasteiger partial charge in [0.2, 0.25) is 0 Å². The number of nitrogens with zero attached hydrogens (tertiary/aromatic N) is 3. The number of pyridine rings is 1.